The largest absolute Gasteiger partial charge is 0.314 e. The fraction of sp³-hybridized carbons (Fsp3) is 0.765. The molecule has 0 aromatic carbocycles. The predicted octanol–water partition coefficient (Wildman–Crippen LogP) is 4.27. The molecule has 20 heavy (non-hydrogen) atoms. The standard InChI is InChI=1S/C17H30N2S/c1-15(2)19(14-16-8-7-13-20-16)12-11-17(18-3)9-5-4-6-10-17/h7-8,13,15,18H,4-6,9-12,14H2,1-3H3. The van der Waals surface area contributed by atoms with Crippen LogP contribution in [0.25, 0.3) is 0 Å². The number of nitrogens with zero attached hydrogens (tertiary/aromatic N) is 1. The lowest BCUT2D eigenvalue weighted by molar-refractivity contribution is 0.156. The van der Waals surface area contributed by atoms with Crippen LogP contribution in [0.5, 0.6) is 0 Å². The maximum absolute atomic E-state index is 3.65. The molecule has 114 valence electrons. The normalized spacial score (nSPS) is 18.9. The molecule has 1 aliphatic rings. The molecule has 2 rings (SSSR count). The minimum absolute atomic E-state index is 0.404. The van der Waals surface area contributed by atoms with Gasteiger partial charge in [-0.2, -0.15) is 0 Å². The second-order valence-corrected chi connectivity index (χ2v) is 7.52. The van der Waals surface area contributed by atoms with Gasteiger partial charge in [-0.1, -0.05) is 25.3 Å². The summed E-state index contributed by atoms with van der Waals surface area (Å²) < 4.78 is 0. The van der Waals surface area contributed by atoms with Gasteiger partial charge in [0, 0.05) is 29.5 Å². The molecule has 0 aliphatic heterocycles. The van der Waals surface area contributed by atoms with Crippen LogP contribution in [0.3, 0.4) is 0 Å². The summed E-state index contributed by atoms with van der Waals surface area (Å²) in [5, 5.41) is 5.83. The number of hydrogen-bond donors (Lipinski definition) is 1. The highest BCUT2D eigenvalue weighted by atomic mass is 32.1. The molecule has 0 saturated heterocycles. The van der Waals surface area contributed by atoms with Crippen LogP contribution in [0.1, 0.15) is 57.2 Å². The molecule has 1 N–H and O–H groups in total. The number of nitrogens with one attached hydrogen (secondary N) is 1. The van der Waals surface area contributed by atoms with Crippen LogP contribution >= 0.6 is 11.3 Å². The fourth-order valence-electron chi connectivity index (χ4n) is 3.33. The van der Waals surface area contributed by atoms with Crippen LogP contribution in [0.2, 0.25) is 0 Å². The lowest BCUT2D eigenvalue weighted by atomic mass is 9.79. The average Bonchev–Trinajstić information content (AvgIpc) is 2.97. The summed E-state index contributed by atoms with van der Waals surface area (Å²) in [5.41, 5.74) is 0.404. The lowest BCUT2D eigenvalue weighted by Crippen LogP contribution is -2.47. The molecule has 3 heteroatoms. The second-order valence-electron chi connectivity index (χ2n) is 6.48. The van der Waals surface area contributed by atoms with Crippen LogP contribution in [-0.2, 0) is 6.54 Å². The minimum Gasteiger partial charge on any atom is -0.314 e. The van der Waals surface area contributed by atoms with E-state index in [1.807, 2.05) is 11.3 Å². The molecule has 0 unspecified atom stereocenters. The number of hydrogen-bond acceptors (Lipinski definition) is 3. The van der Waals surface area contributed by atoms with Crippen molar-refractivity contribution in [2.24, 2.45) is 0 Å². The van der Waals surface area contributed by atoms with Gasteiger partial charge in [0.15, 0.2) is 0 Å². The maximum atomic E-state index is 3.65. The lowest BCUT2D eigenvalue weighted by Gasteiger charge is -2.39. The van der Waals surface area contributed by atoms with E-state index < -0.39 is 0 Å². The highest BCUT2D eigenvalue weighted by Gasteiger charge is 2.30. The average molecular weight is 295 g/mol. The van der Waals surface area contributed by atoms with Gasteiger partial charge in [0.25, 0.3) is 0 Å². The van der Waals surface area contributed by atoms with E-state index in [1.54, 1.807) is 0 Å². The van der Waals surface area contributed by atoms with Crippen molar-refractivity contribution < 1.29 is 0 Å². The van der Waals surface area contributed by atoms with Crippen LogP contribution in [0.15, 0.2) is 17.5 Å². The van der Waals surface area contributed by atoms with E-state index in [2.05, 4.69) is 48.6 Å². The van der Waals surface area contributed by atoms with Gasteiger partial charge in [0.1, 0.15) is 0 Å². The summed E-state index contributed by atoms with van der Waals surface area (Å²) in [4.78, 5) is 4.11. The third kappa shape index (κ3) is 4.31. The molecule has 0 atom stereocenters. The van der Waals surface area contributed by atoms with E-state index in [9.17, 15) is 0 Å². The van der Waals surface area contributed by atoms with Crippen LogP contribution in [-0.4, -0.2) is 30.1 Å². The first-order valence-electron chi connectivity index (χ1n) is 8.10. The smallest absolute Gasteiger partial charge is 0.0330 e. The Morgan fingerprint density at radius 3 is 2.60 bits per heavy atom. The van der Waals surface area contributed by atoms with Crippen LogP contribution < -0.4 is 5.32 Å². The van der Waals surface area contributed by atoms with E-state index in [0.29, 0.717) is 11.6 Å². The van der Waals surface area contributed by atoms with Crippen molar-refractivity contribution in [2.45, 2.75) is 70.5 Å². The Morgan fingerprint density at radius 2 is 2.05 bits per heavy atom. The van der Waals surface area contributed by atoms with E-state index in [1.165, 1.54) is 49.9 Å². The van der Waals surface area contributed by atoms with Crippen molar-refractivity contribution in [2.75, 3.05) is 13.6 Å². The Labute approximate surface area is 128 Å². The molecule has 1 fully saturated rings. The Balaban J connectivity index is 1.90. The van der Waals surface area contributed by atoms with Gasteiger partial charge in [-0.25, -0.2) is 0 Å². The summed E-state index contributed by atoms with van der Waals surface area (Å²) in [6, 6.07) is 5.04. The van der Waals surface area contributed by atoms with Crippen molar-refractivity contribution in [3.8, 4) is 0 Å². The van der Waals surface area contributed by atoms with Crippen molar-refractivity contribution in [1.29, 1.82) is 0 Å². The fourth-order valence-corrected chi connectivity index (χ4v) is 4.06. The minimum atomic E-state index is 0.404. The molecule has 2 nitrogen and oxygen atoms in total. The van der Waals surface area contributed by atoms with E-state index >= 15 is 0 Å². The quantitative estimate of drug-likeness (QED) is 0.808. The summed E-state index contributed by atoms with van der Waals surface area (Å²) in [6.07, 6.45) is 8.21. The third-order valence-electron chi connectivity index (χ3n) is 4.89. The van der Waals surface area contributed by atoms with Crippen LogP contribution in [0.4, 0.5) is 0 Å². The highest BCUT2D eigenvalue weighted by molar-refractivity contribution is 7.09. The molecule has 1 saturated carbocycles. The van der Waals surface area contributed by atoms with Gasteiger partial charge < -0.3 is 5.32 Å². The van der Waals surface area contributed by atoms with E-state index in [-0.39, 0.29) is 0 Å². The Hall–Kier alpha value is -0.380. The van der Waals surface area contributed by atoms with E-state index in [4.69, 9.17) is 0 Å². The number of thiophene rings is 1. The van der Waals surface area contributed by atoms with Gasteiger partial charge in [0.05, 0.1) is 0 Å². The molecular weight excluding hydrogens is 264 g/mol. The van der Waals surface area contributed by atoms with Crippen molar-refractivity contribution in [1.82, 2.24) is 10.2 Å². The zero-order chi connectivity index (χ0) is 14.4. The molecular formula is C17H30N2S. The topological polar surface area (TPSA) is 15.3 Å². The molecule has 1 aromatic rings. The summed E-state index contributed by atoms with van der Waals surface area (Å²) in [6.45, 7) is 6.95. The Kier molecular flexibility index (Phi) is 6.06. The van der Waals surface area contributed by atoms with Gasteiger partial charge in [-0.15, -0.1) is 11.3 Å². The summed E-state index contributed by atoms with van der Waals surface area (Å²) >= 11 is 1.88. The van der Waals surface area contributed by atoms with E-state index in [0.717, 1.165) is 6.54 Å². The highest BCUT2D eigenvalue weighted by Crippen LogP contribution is 2.31. The molecule has 0 radical (unpaired) electrons. The molecule has 0 amide bonds. The van der Waals surface area contributed by atoms with Gasteiger partial charge in [-0.05, 0) is 51.6 Å². The Morgan fingerprint density at radius 1 is 1.30 bits per heavy atom. The predicted molar refractivity (Wildman–Crippen MR) is 89.4 cm³/mol. The maximum Gasteiger partial charge on any atom is 0.0330 e. The summed E-state index contributed by atoms with van der Waals surface area (Å²) in [5.74, 6) is 0. The van der Waals surface area contributed by atoms with Crippen molar-refractivity contribution in [3.05, 3.63) is 22.4 Å². The molecule has 1 aliphatic carbocycles. The zero-order valence-corrected chi connectivity index (χ0v) is 14.1. The zero-order valence-electron chi connectivity index (χ0n) is 13.3. The first-order valence-corrected chi connectivity index (χ1v) is 8.98. The van der Waals surface area contributed by atoms with Gasteiger partial charge >= 0.3 is 0 Å². The molecule has 0 bridgehead atoms. The van der Waals surface area contributed by atoms with Gasteiger partial charge in [0.2, 0.25) is 0 Å². The molecule has 0 spiro atoms. The SMILES string of the molecule is CNC1(CCN(Cc2cccs2)C(C)C)CCCCC1. The first-order chi connectivity index (χ1) is 9.65. The number of rotatable bonds is 7. The monoisotopic (exact) mass is 294 g/mol. The summed E-state index contributed by atoms with van der Waals surface area (Å²) in [7, 11) is 2.16. The molecule has 1 heterocycles. The second kappa shape index (κ2) is 7.58. The van der Waals surface area contributed by atoms with Crippen molar-refractivity contribution >= 4 is 11.3 Å². The van der Waals surface area contributed by atoms with Crippen LogP contribution in [0, 0.1) is 0 Å². The van der Waals surface area contributed by atoms with Gasteiger partial charge in [-0.3, -0.25) is 4.90 Å². The van der Waals surface area contributed by atoms with Crippen molar-refractivity contribution in [3.63, 3.8) is 0 Å². The Bertz CT molecular complexity index is 366. The molecule has 1 aromatic heterocycles. The third-order valence-corrected chi connectivity index (χ3v) is 5.75. The first kappa shape index (κ1) is 16.0.